The molecule has 0 aromatic heterocycles. The number of carbonyl (C=O) groups excluding carboxylic acids is 1. The maximum absolute atomic E-state index is 12.0. The number of hydrogen-bond acceptors (Lipinski definition) is 2. The minimum atomic E-state index is 0. The van der Waals surface area contributed by atoms with Gasteiger partial charge >= 0.3 is 57.4 Å². The van der Waals surface area contributed by atoms with Crippen molar-refractivity contribution in [2.24, 2.45) is 0 Å². The Hall–Kier alpha value is 0.406. The van der Waals surface area contributed by atoms with Crippen molar-refractivity contribution in [1.29, 1.82) is 0 Å². The minimum Gasteiger partial charge on any atom is -0.661 e. The number of nitrogens with one attached hydrogen (secondary N) is 1. The number of nitrogens with zero attached hydrogens (tertiary/aromatic N) is 3. The first-order chi connectivity index (χ1) is 9.19. The zero-order valence-corrected chi connectivity index (χ0v) is 16.4. The Kier molecular flexibility index (Phi) is 12.2. The largest absolute Gasteiger partial charge is 1.00 e. The van der Waals surface area contributed by atoms with E-state index < -0.39 is 0 Å². The maximum atomic E-state index is 12.0. The molecule has 1 aliphatic rings. The molecule has 2 amide bonds. The SMILES string of the molecule is C=C(CNC(=O)N1CCC[N-]CC1)N(CC)CCC.[K+]. The van der Waals surface area contributed by atoms with Crippen LogP contribution < -0.4 is 56.7 Å². The molecule has 5 nitrogen and oxygen atoms in total. The van der Waals surface area contributed by atoms with E-state index in [1.54, 1.807) is 0 Å². The van der Waals surface area contributed by atoms with E-state index in [0.717, 1.165) is 57.8 Å². The second-order valence-corrected chi connectivity index (χ2v) is 4.82. The monoisotopic (exact) mass is 306 g/mol. The van der Waals surface area contributed by atoms with Crippen LogP contribution >= 0.6 is 0 Å². The predicted octanol–water partition coefficient (Wildman–Crippen LogP) is -0.975. The van der Waals surface area contributed by atoms with Crippen LogP contribution in [0.2, 0.25) is 0 Å². The molecule has 110 valence electrons. The number of amides is 2. The summed E-state index contributed by atoms with van der Waals surface area (Å²) in [4.78, 5) is 16.1. The van der Waals surface area contributed by atoms with E-state index >= 15 is 0 Å². The predicted molar refractivity (Wildman–Crippen MR) is 79.4 cm³/mol. The van der Waals surface area contributed by atoms with Gasteiger partial charge in [-0.2, -0.15) is 0 Å². The summed E-state index contributed by atoms with van der Waals surface area (Å²) < 4.78 is 0. The molecule has 0 atom stereocenters. The van der Waals surface area contributed by atoms with Gasteiger partial charge in [0.15, 0.2) is 0 Å². The quantitative estimate of drug-likeness (QED) is 0.642. The van der Waals surface area contributed by atoms with Crippen LogP contribution in [-0.2, 0) is 0 Å². The number of carbonyl (C=O) groups is 1. The van der Waals surface area contributed by atoms with Crippen molar-refractivity contribution in [1.82, 2.24) is 15.1 Å². The summed E-state index contributed by atoms with van der Waals surface area (Å²) in [6.07, 6.45) is 2.06. The van der Waals surface area contributed by atoms with Crippen molar-refractivity contribution >= 4 is 6.03 Å². The minimum absolute atomic E-state index is 0. The van der Waals surface area contributed by atoms with E-state index in [2.05, 4.69) is 36.0 Å². The van der Waals surface area contributed by atoms with Crippen molar-refractivity contribution in [3.8, 4) is 0 Å². The van der Waals surface area contributed by atoms with Gasteiger partial charge < -0.3 is 20.4 Å². The molecule has 0 unspecified atom stereocenters. The molecule has 0 aromatic carbocycles. The Bertz CT molecular complexity index is 291. The van der Waals surface area contributed by atoms with E-state index in [0.29, 0.717) is 6.54 Å². The summed E-state index contributed by atoms with van der Waals surface area (Å²) in [5, 5.41) is 7.27. The zero-order chi connectivity index (χ0) is 14.1. The van der Waals surface area contributed by atoms with E-state index in [1.165, 1.54) is 0 Å². The standard InChI is InChI=1S/C14H27N4O.K/c1-4-9-17(5-2)13(3)12-16-14(19)18-10-6-7-15-8-11-18;/h3-12H2,1-2H3,(H,16,19);/q-1;+1. The van der Waals surface area contributed by atoms with Crippen molar-refractivity contribution in [2.45, 2.75) is 26.7 Å². The molecule has 1 saturated heterocycles. The van der Waals surface area contributed by atoms with Gasteiger partial charge in [-0.1, -0.05) is 19.9 Å². The molecule has 1 heterocycles. The Balaban J connectivity index is 0.00000361. The summed E-state index contributed by atoms with van der Waals surface area (Å²) >= 11 is 0. The van der Waals surface area contributed by atoms with Crippen LogP contribution in [0.4, 0.5) is 4.79 Å². The molecule has 0 spiro atoms. The first-order valence-electron chi connectivity index (χ1n) is 7.27. The third-order valence-electron chi connectivity index (χ3n) is 3.33. The molecular weight excluding hydrogens is 279 g/mol. The fourth-order valence-corrected chi connectivity index (χ4v) is 2.20. The van der Waals surface area contributed by atoms with Crippen molar-refractivity contribution < 1.29 is 56.2 Å². The van der Waals surface area contributed by atoms with Crippen LogP contribution in [0.1, 0.15) is 26.7 Å². The molecule has 20 heavy (non-hydrogen) atoms. The molecular formula is C14H27KN4O. The molecule has 0 aromatic rings. The fourth-order valence-electron chi connectivity index (χ4n) is 2.20. The molecule has 0 radical (unpaired) electrons. The molecule has 1 aliphatic heterocycles. The Morgan fingerprint density at radius 2 is 2.10 bits per heavy atom. The molecule has 0 saturated carbocycles. The normalized spacial score (nSPS) is 15.0. The summed E-state index contributed by atoms with van der Waals surface area (Å²) in [7, 11) is 0. The molecule has 6 heteroatoms. The summed E-state index contributed by atoms with van der Waals surface area (Å²) in [6.45, 7) is 13.9. The van der Waals surface area contributed by atoms with Gasteiger partial charge in [-0.25, -0.2) is 4.79 Å². The first kappa shape index (κ1) is 20.4. The second kappa shape index (κ2) is 12.0. The van der Waals surface area contributed by atoms with Crippen LogP contribution in [0.5, 0.6) is 0 Å². The van der Waals surface area contributed by atoms with E-state index in [-0.39, 0.29) is 57.4 Å². The summed E-state index contributed by atoms with van der Waals surface area (Å²) in [5.74, 6) is 0. The molecule has 1 fully saturated rings. The van der Waals surface area contributed by atoms with Crippen molar-refractivity contribution in [3.05, 3.63) is 17.6 Å². The van der Waals surface area contributed by atoms with Gasteiger partial charge in [-0.05, 0) is 13.3 Å². The van der Waals surface area contributed by atoms with E-state index in [1.807, 2.05) is 4.90 Å². The third-order valence-corrected chi connectivity index (χ3v) is 3.33. The second-order valence-electron chi connectivity index (χ2n) is 4.82. The van der Waals surface area contributed by atoms with E-state index in [4.69, 9.17) is 0 Å². The van der Waals surface area contributed by atoms with Crippen LogP contribution in [0.3, 0.4) is 0 Å². The Labute approximate surface area is 165 Å². The fraction of sp³-hybridized carbons (Fsp3) is 0.786. The van der Waals surface area contributed by atoms with Gasteiger partial charge in [-0.3, -0.25) is 0 Å². The Morgan fingerprint density at radius 3 is 2.75 bits per heavy atom. The molecule has 1 N–H and O–H groups in total. The van der Waals surface area contributed by atoms with Crippen LogP contribution in [0.25, 0.3) is 5.32 Å². The van der Waals surface area contributed by atoms with Crippen LogP contribution in [0, 0.1) is 0 Å². The smallest absolute Gasteiger partial charge is 0.661 e. The van der Waals surface area contributed by atoms with Crippen LogP contribution in [0.15, 0.2) is 12.3 Å². The number of urea groups is 1. The third kappa shape index (κ3) is 7.42. The Morgan fingerprint density at radius 1 is 1.35 bits per heavy atom. The maximum Gasteiger partial charge on any atom is 1.00 e. The first-order valence-corrected chi connectivity index (χ1v) is 7.27. The number of hydrogen-bond donors (Lipinski definition) is 1. The van der Waals surface area contributed by atoms with Crippen LogP contribution in [-0.4, -0.2) is 61.6 Å². The summed E-state index contributed by atoms with van der Waals surface area (Å²) in [5.41, 5.74) is 0.984. The summed E-state index contributed by atoms with van der Waals surface area (Å²) in [6, 6.07) is 0.00537. The van der Waals surface area contributed by atoms with Gasteiger partial charge in [0, 0.05) is 31.9 Å². The average Bonchev–Trinajstić information content (AvgIpc) is 2.70. The average molecular weight is 306 g/mol. The van der Waals surface area contributed by atoms with E-state index in [9.17, 15) is 4.79 Å². The van der Waals surface area contributed by atoms with Gasteiger partial charge in [-0.15, -0.1) is 13.1 Å². The van der Waals surface area contributed by atoms with Crippen molar-refractivity contribution in [3.63, 3.8) is 0 Å². The van der Waals surface area contributed by atoms with Gasteiger partial charge in [0.05, 0.1) is 6.54 Å². The van der Waals surface area contributed by atoms with Gasteiger partial charge in [0.1, 0.15) is 0 Å². The molecule has 0 bridgehead atoms. The topological polar surface area (TPSA) is 49.7 Å². The number of likely N-dealkylation sites (N-methyl/N-ethyl adjacent to an activating group) is 1. The zero-order valence-electron chi connectivity index (χ0n) is 13.3. The molecule has 0 aliphatic carbocycles. The van der Waals surface area contributed by atoms with Crippen molar-refractivity contribution in [2.75, 3.05) is 45.8 Å². The molecule has 1 rings (SSSR count). The van der Waals surface area contributed by atoms with Gasteiger partial charge in [0.2, 0.25) is 0 Å². The van der Waals surface area contributed by atoms with Gasteiger partial charge in [0.25, 0.3) is 0 Å². The number of rotatable bonds is 6.